The first kappa shape index (κ1) is 12.3. The van der Waals surface area contributed by atoms with Crippen LogP contribution in [0.25, 0.3) is 0 Å². The lowest BCUT2D eigenvalue weighted by Gasteiger charge is -2.44. The first-order valence-corrected chi connectivity index (χ1v) is 7.63. The van der Waals surface area contributed by atoms with Gasteiger partial charge in [-0.2, -0.15) is 0 Å². The van der Waals surface area contributed by atoms with Crippen LogP contribution in [0.2, 0.25) is 0 Å². The molecule has 0 spiro atoms. The second-order valence-electron chi connectivity index (χ2n) is 4.78. The molecule has 0 saturated carbocycles. The van der Waals surface area contributed by atoms with E-state index in [-0.39, 0.29) is 11.8 Å². The molecule has 0 aromatic heterocycles. The molecular weight excluding hydrogens is 226 g/mol. The summed E-state index contributed by atoms with van der Waals surface area (Å²) < 4.78 is 26.4. The standard InChI is InChI=1S/C10H21N3O2S/c1-11-4-7-16(14,15)12-10-8-13-5-2-9(10)3-6-13/h9-12H,2-8H2,1H3. The van der Waals surface area contributed by atoms with Crippen LogP contribution < -0.4 is 10.0 Å². The lowest BCUT2D eigenvalue weighted by Crippen LogP contribution is -2.57. The van der Waals surface area contributed by atoms with Crippen LogP contribution in [0, 0.1) is 5.92 Å². The second-order valence-corrected chi connectivity index (χ2v) is 6.66. The van der Waals surface area contributed by atoms with Crippen LogP contribution in [0.15, 0.2) is 0 Å². The highest BCUT2D eigenvalue weighted by Crippen LogP contribution is 2.27. The van der Waals surface area contributed by atoms with Crippen molar-refractivity contribution >= 4 is 10.0 Å². The Labute approximate surface area is 97.6 Å². The minimum atomic E-state index is -3.10. The van der Waals surface area contributed by atoms with Crippen LogP contribution in [0.3, 0.4) is 0 Å². The van der Waals surface area contributed by atoms with Crippen LogP contribution in [0.4, 0.5) is 0 Å². The SMILES string of the molecule is CNCCS(=O)(=O)NC1CN2CCC1CC2. The molecule has 3 fully saturated rings. The molecular formula is C10H21N3O2S. The lowest BCUT2D eigenvalue weighted by atomic mass is 9.85. The third-order valence-electron chi connectivity index (χ3n) is 3.61. The molecule has 3 aliphatic rings. The van der Waals surface area contributed by atoms with Crippen LogP contribution in [0.5, 0.6) is 0 Å². The van der Waals surface area contributed by atoms with Crippen LogP contribution in [-0.2, 0) is 10.0 Å². The van der Waals surface area contributed by atoms with Crippen molar-refractivity contribution in [2.45, 2.75) is 18.9 Å². The molecule has 2 bridgehead atoms. The summed E-state index contributed by atoms with van der Waals surface area (Å²) in [5.74, 6) is 0.724. The molecule has 0 aliphatic carbocycles. The molecule has 0 radical (unpaired) electrons. The second kappa shape index (κ2) is 5.00. The molecule has 6 heteroatoms. The normalized spacial score (nSPS) is 34.2. The molecule has 1 atom stereocenters. The Morgan fingerprint density at radius 1 is 1.31 bits per heavy atom. The fourth-order valence-corrected chi connectivity index (χ4v) is 3.94. The van der Waals surface area contributed by atoms with E-state index in [1.165, 1.54) is 0 Å². The van der Waals surface area contributed by atoms with Gasteiger partial charge >= 0.3 is 0 Å². The van der Waals surface area contributed by atoms with Crippen molar-refractivity contribution in [1.29, 1.82) is 0 Å². The third-order valence-corrected chi connectivity index (χ3v) is 5.01. The van der Waals surface area contributed by atoms with Gasteiger partial charge in [-0.15, -0.1) is 0 Å². The Morgan fingerprint density at radius 2 is 2.00 bits per heavy atom. The van der Waals surface area contributed by atoms with E-state index in [1.54, 1.807) is 7.05 Å². The summed E-state index contributed by atoms with van der Waals surface area (Å²) in [5, 5.41) is 2.87. The van der Waals surface area contributed by atoms with Gasteiger partial charge in [-0.05, 0) is 38.9 Å². The lowest BCUT2D eigenvalue weighted by molar-refractivity contribution is 0.0827. The molecule has 0 aromatic carbocycles. The maximum Gasteiger partial charge on any atom is 0.213 e. The highest BCUT2D eigenvalue weighted by Gasteiger charge is 2.35. The van der Waals surface area contributed by atoms with Gasteiger partial charge in [0.25, 0.3) is 0 Å². The molecule has 0 aromatic rings. The number of hydrogen-bond acceptors (Lipinski definition) is 4. The highest BCUT2D eigenvalue weighted by molar-refractivity contribution is 7.89. The molecule has 3 saturated heterocycles. The molecule has 3 heterocycles. The van der Waals surface area contributed by atoms with Crippen molar-refractivity contribution in [3.63, 3.8) is 0 Å². The fraction of sp³-hybridized carbons (Fsp3) is 1.00. The Balaban J connectivity index is 1.89. The number of rotatable bonds is 5. The van der Waals surface area contributed by atoms with Crippen molar-refractivity contribution in [3.8, 4) is 0 Å². The van der Waals surface area contributed by atoms with E-state index >= 15 is 0 Å². The van der Waals surface area contributed by atoms with Gasteiger partial charge in [0.15, 0.2) is 0 Å². The van der Waals surface area contributed by atoms with Crippen LogP contribution in [0.1, 0.15) is 12.8 Å². The van der Waals surface area contributed by atoms with Gasteiger partial charge in [-0.3, -0.25) is 0 Å². The Morgan fingerprint density at radius 3 is 2.50 bits per heavy atom. The van der Waals surface area contributed by atoms with Gasteiger partial charge in [0.05, 0.1) is 5.75 Å². The maximum atomic E-state index is 11.8. The first-order valence-electron chi connectivity index (χ1n) is 5.98. The molecule has 94 valence electrons. The van der Waals surface area contributed by atoms with E-state index in [1.807, 2.05) is 0 Å². The maximum absolute atomic E-state index is 11.8. The molecule has 3 rings (SSSR count). The number of piperidine rings is 3. The summed E-state index contributed by atoms with van der Waals surface area (Å²) in [4.78, 5) is 2.35. The van der Waals surface area contributed by atoms with Crippen molar-refractivity contribution in [2.75, 3.05) is 39.0 Å². The molecule has 5 nitrogen and oxygen atoms in total. The predicted molar refractivity (Wildman–Crippen MR) is 63.8 cm³/mol. The predicted octanol–water partition coefficient (Wildman–Crippen LogP) is -0.781. The summed E-state index contributed by atoms with van der Waals surface area (Å²) in [6, 6.07) is 0.143. The quantitative estimate of drug-likeness (QED) is 0.669. The average molecular weight is 247 g/mol. The zero-order chi connectivity index (χ0) is 11.6. The summed E-state index contributed by atoms with van der Waals surface area (Å²) in [5.41, 5.74) is 0. The van der Waals surface area contributed by atoms with Gasteiger partial charge in [0, 0.05) is 19.1 Å². The Bertz CT molecular complexity index is 323. The largest absolute Gasteiger partial charge is 0.319 e. The van der Waals surface area contributed by atoms with Crippen molar-refractivity contribution in [3.05, 3.63) is 0 Å². The number of sulfonamides is 1. The zero-order valence-corrected chi connectivity index (χ0v) is 10.6. The van der Waals surface area contributed by atoms with Gasteiger partial charge in [0.2, 0.25) is 10.0 Å². The van der Waals surface area contributed by atoms with Gasteiger partial charge in [0.1, 0.15) is 0 Å². The third kappa shape index (κ3) is 2.94. The Kier molecular flexibility index (Phi) is 3.84. The van der Waals surface area contributed by atoms with E-state index in [9.17, 15) is 8.42 Å². The van der Waals surface area contributed by atoms with Crippen LogP contribution >= 0.6 is 0 Å². The number of nitrogens with zero attached hydrogens (tertiary/aromatic N) is 1. The minimum absolute atomic E-state index is 0.143. The molecule has 3 aliphatic heterocycles. The van der Waals surface area contributed by atoms with E-state index < -0.39 is 10.0 Å². The van der Waals surface area contributed by atoms with Gasteiger partial charge in [-0.1, -0.05) is 0 Å². The number of hydrogen-bond donors (Lipinski definition) is 2. The summed E-state index contributed by atoms with van der Waals surface area (Å²) in [6.07, 6.45) is 2.28. The first-order chi connectivity index (χ1) is 7.61. The molecule has 16 heavy (non-hydrogen) atoms. The fourth-order valence-electron chi connectivity index (χ4n) is 2.62. The van der Waals surface area contributed by atoms with Crippen molar-refractivity contribution < 1.29 is 8.42 Å². The summed E-state index contributed by atoms with van der Waals surface area (Å²) in [7, 11) is -1.34. The number of nitrogens with one attached hydrogen (secondary N) is 2. The van der Waals surface area contributed by atoms with Gasteiger partial charge < -0.3 is 10.2 Å². The topological polar surface area (TPSA) is 61.4 Å². The molecule has 2 N–H and O–H groups in total. The van der Waals surface area contributed by atoms with Gasteiger partial charge in [-0.25, -0.2) is 13.1 Å². The van der Waals surface area contributed by atoms with Crippen LogP contribution in [-0.4, -0.2) is 58.3 Å². The van der Waals surface area contributed by atoms with E-state index in [4.69, 9.17) is 0 Å². The average Bonchev–Trinajstić information content (AvgIpc) is 2.27. The Hall–Kier alpha value is -0.170. The zero-order valence-electron chi connectivity index (χ0n) is 9.78. The van der Waals surface area contributed by atoms with E-state index in [0.717, 1.165) is 32.5 Å². The molecule has 1 unspecified atom stereocenters. The highest BCUT2D eigenvalue weighted by atomic mass is 32.2. The minimum Gasteiger partial charge on any atom is -0.319 e. The number of fused-ring (bicyclic) bond motifs is 3. The smallest absolute Gasteiger partial charge is 0.213 e. The van der Waals surface area contributed by atoms with Crippen molar-refractivity contribution in [2.24, 2.45) is 5.92 Å². The molecule has 0 amide bonds. The van der Waals surface area contributed by atoms with E-state index in [0.29, 0.717) is 12.5 Å². The summed E-state index contributed by atoms with van der Waals surface area (Å²) >= 11 is 0. The monoisotopic (exact) mass is 247 g/mol. The van der Waals surface area contributed by atoms with E-state index in [2.05, 4.69) is 14.9 Å². The van der Waals surface area contributed by atoms with Crippen molar-refractivity contribution in [1.82, 2.24) is 14.9 Å². The summed E-state index contributed by atoms with van der Waals surface area (Å²) in [6.45, 7) is 3.68.